The Labute approximate surface area is 169 Å². The maximum absolute atomic E-state index is 12.9. The van der Waals surface area contributed by atoms with Crippen molar-refractivity contribution in [2.45, 2.75) is 13.0 Å². The van der Waals surface area contributed by atoms with Gasteiger partial charge in [-0.25, -0.2) is 9.37 Å². The first-order valence-electron chi connectivity index (χ1n) is 8.16. The molecule has 144 valence electrons. The maximum atomic E-state index is 12.9. The number of nitrogens with one attached hydrogen (secondary N) is 2. The van der Waals surface area contributed by atoms with Crippen molar-refractivity contribution in [3.8, 4) is 5.75 Å². The van der Waals surface area contributed by atoms with Crippen LogP contribution < -0.4 is 15.6 Å². The minimum Gasteiger partial charge on any atom is -0.486 e. The molecule has 2 N–H and O–H groups in total. The third-order valence-corrected chi connectivity index (χ3v) is 4.66. The first kappa shape index (κ1) is 19.8. The SMILES string of the molecule is O=C(Cc1csc(COc2ccc(Cl)cc2)n1)NNC(=O)c1ccc(F)cc1. The summed E-state index contributed by atoms with van der Waals surface area (Å²) in [6, 6.07) is 12.0. The highest BCUT2D eigenvalue weighted by Crippen LogP contribution is 2.18. The molecule has 0 atom stereocenters. The normalized spacial score (nSPS) is 10.4. The number of ether oxygens (including phenoxy) is 1. The smallest absolute Gasteiger partial charge is 0.269 e. The van der Waals surface area contributed by atoms with Crippen molar-refractivity contribution in [2.24, 2.45) is 0 Å². The molecule has 0 unspecified atom stereocenters. The van der Waals surface area contributed by atoms with Crippen LogP contribution in [-0.4, -0.2) is 16.8 Å². The summed E-state index contributed by atoms with van der Waals surface area (Å²) in [5.74, 6) is -0.739. The van der Waals surface area contributed by atoms with Crippen LogP contribution in [0.1, 0.15) is 21.1 Å². The summed E-state index contributed by atoms with van der Waals surface area (Å²) in [7, 11) is 0. The van der Waals surface area contributed by atoms with Gasteiger partial charge in [-0.1, -0.05) is 11.6 Å². The second-order valence-electron chi connectivity index (χ2n) is 5.66. The van der Waals surface area contributed by atoms with Crippen LogP contribution in [-0.2, 0) is 17.8 Å². The molecule has 0 aliphatic heterocycles. The molecule has 1 aromatic heterocycles. The molecule has 1 heterocycles. The second-order valence-corrected chi connectivity index (χ2v) is 7.04. The molecule has 0 saturated carbocycles. The van der Waals surface area contributed by atoms with E-state index in [9.17, 15) is 14.0 Å². The highest BCUT2D eigenvalue weighted by molar-refractivity contribution is 7.09. The van der Waals surface area contributed by atoms with Crippen LogP contribution in [0.15, 0.2) is 53.9 Å². The number of rotatable bonds is 6. The fourth-order valence-corrected chi connectivity index (χ4v) is 3.01. The molecule has 3 rings (SSSR count). The largest absolute Gasteiger partial charge is 0.486 e. The van der Waals surface area contributed by atoms with E-state index >= 15 is 0 Å². The summed E-state index contributed by atoms with van der Waals surface area (Å²) in [6.07, 6.45) is 0.00113. The molecule has 28 heavy (non-hydrogen) atoms. The molecule has 0 aliphatic rings. The van der Waals surface area contributed by atoms with Crippen molar-refractivity contribution in [1.29, 1.82) is 0 Å². The number of benzene rings is 2. The van der Waals surface area contributed by atoms with Gasteiger partial charge in [-0.15, -0.1) is 11.3 Å². The standard InChI is InChI=1S/C19H15ClFN3O3S/c20-13-3-7-16(8-4-13)27-10-18-22-15(11-28-18)9-17(25)23-24-19(26)12-1-5-14(21)6-2-12/h1-8,11H,9-10H2,(H,23,25)(H,24,26). The summed E-state index contributed by atoms with van der Waals surface area (Å²) in [5.41, 5.74) is 5.38. The number of hydrogen-bond acceptors (Lipinski definition) is 5. The molecular weight excluding hydrogens is 405 g/mol. The van der Waals surface area contributed by atoms with Crippen molar-refractivity contribution in [3.63, 3.8) is 0 Å². The molecule has 0 saturated heterocycles. The van der Waals surface area contributed by atoms with Crippen molar-refractivity contribution in [2.75, 3.05) is 0 Å². The molecule has 0 spiro atoms. The van der Waals surface area contributed by atoms with E-state index in [0.717, 1.165) is 0 Å². The average molecular weight is 420 g/mol. The van der Waals surface area contributed by atoms with Crippen LogP contribution in [0, 0.1) is 5.82 Å². The first-order valence-corrected chi connectivity index (χ1v) is 9.42. The monoisotopic (exact) mass is 419 g/mol. The highest BCUT2D eigenvalue weighted by atomic mass is 35.5. The van der Waals surface area contributed by atoms with Gasteiger partial charge < -0.3 is 4.74 Å². The van der Waals surface area contributed by atoms with E-state index in [2.05, 4.69) is 15.8 Å². The number of aromatic nitrogens is 1. The van der Waals surface area contributed by atoms with Gasteiger partial charge in [-0.2, -0.15) is 0 Å². The minimum atomic E-state index is -0.538. The molecule has 6 nitrogen and oxygen atoms in total. The molecule has 2 aromatic carbocycles. The fraction of sp³-hybridized carbons (Fsp3) is 0.105. The van der Waals surface area contributed by atoms with Crippen molar-refractivity contribution in [3.05, 3.63) is 81.0 Å². The number of halogens is 2. The molecule has 0 fully saturated rings. The summed E-state index contributed by atoms with van der Waals surface area (Å²) in [4.78, 5) is 28.2. The van der Waals surface area contributed by atoms with Gasteiger partial charge in [0.2, 0.25) is 5.91 Å². The number of hydrazine groups is 1. The summed E-state index contributed by atoms with van der Waals surface area (Å²) >= 11 is 7.19. The number of carbonyl (C=O) groups is 2. The number of thiazole rings is 1. The number of nitrogens with zero attached hydrogens (tertiary/aromatic N) is 1. The molecule has 3 aromatic rings. The van der Waals surface area contributed by atoms with Gasteiger partial charge >= 0.3 is 0 Å². The third-order valence-electron chi connectivity index (χ3n) is 3.54. The third kappa shape index (κ3) is 5.77. The lowest BCUT2D eigenvalue weighted by Crippen LogP contribution is -2.42. The predicted octanol–water partition coefficient (Wildman–Crippen LogP) is 3.52. The van der Waals surface area contributed by atoms with E-state index in [4.69, 9.17) is 16.3 Å². The van der Waals surface area contributed by atoms with Crippen LogP contribution >= 0.6 is 22.9 Å². The number of carbonyl (C=O) groups excluding carboxylic acids is 2. The molecule has 0 aliphatic carbocycles. The van der Waals surface area contributed by atoms with E-state index in [1.807, 2.05) is 0 Å². The number of amides is 2. The van der Waals surface area contributed by atoms with Gasteiger partial charge in [0.25, 0.3) is 5.91 Å². The topological polar surface area (TPSA) is 80.3 Å². The molecule has 0 bridgehead atoms. The Bertz CT molecular complexity index is 961. The van der Waals surface area contributed by atoms with Gasteiger partial charge in [0.05, 0.1) is 12.1 Å². The molecule has 9 heteroatoms. The average Bonchev–Trinajstić information content (AvgIpc) is 3.13. The lowest BCUT2D eigenvalue weighted by Gasteiger charge is -2.06. The van der Waals surface area contributed by atoms with E-state index < -0.39 is 17.6 Å². The van der Waals surface area contributed by atoms with Gasteiger partial charge in [-0.05, 0) is 48.5 Å². The van der Waals surface area contributed by atoms with Crippen molar-refractivity contribution in [1.82, 2.24) is 15.8 Å². The van der Waals surface area contributed by atoms with E-state index in [1.165, 1.54) is 35.6 Å². The van der Waals surface area contributed by atoms with Crippen LogP contribution in [0.4, 0.5) is 4.39 Å². The Morgan fingerprint density at radius 3 is 2.50 bits per heavy atom. The van der Waals surface area contributed by atoms with E-state index in [1.54, 1.807) is 29.6 Å². The first-order chi connectivity index (χ1) is 13.5. The van der Waals surface area contributed by atoms with E-state index in [0.29, 0.717) is 21.5 Å². The quantitative estimate of drug-likeness (QED) is 0.599. The zero-order valence-electron chi connectivity index (χ0n) is 14.4. The zero-order chi connectivity index (χ0) is 19.9. The Hall–Kier alpha value is -2.97. The van der Waals surface area contributed by atoms with Gasteiger partial charge in [0.1, 0.15) is 23.2 Å². The molecule has 2 amide bonds. The predicted molar refractivity (Wildman–Crippen MR) is 104 cm³/mol. The summed E-state index contributed by atoms with van der Waals surface area (Å²) in [6.45, 7) is 0.273. The van der Waals surface area contributed by atoms with E-state index in [-0.39, 0.29) is 18.6 Å². The Balaban J connectivity index is 1.45. The van der Waals surface area contributed by atoms with Gasteiger partial charge in [-0.3, -0.25) is 20.4 Å². The summed E-state index contributed by atoms with van der Waals surface area (Å²) < 4.78 is 18.5. The maximum Gasteiger partial charge on any atom is 0.269 e. The molecule has 0 radical (unpaired) electrons. The Morgan fingerprint density at radius 2 is 1.79 bits per heavy atom. The number of hydrogen-bond donors (Lipinski definition) is 2. The summed E-state index contributed by atoms with van der Waals surface area (Å²) in [5, 5.41) is 3.09. The molecular formula is C19H15ClFN3O3S. The van der Waals surface area contributed by atoms with Crippen molar-refractivity contribution >= 4 is 34.8 Å². The van der Waals surface area contributed by atoms with Crippen molar-refractivity contribution < 1.29 is 18.7 Å². The van der Waals surface area contributed by atoms with Crippen LogP contribution in [0.2, 0.25) is 5.02 Å². The van der Waals surface area contributed by atoms with Crippen LogP contribution in [0.25, 0.3) is 0 Å². The Morgan fingerprint density at radius 1 is 1.07 bits per heavy atom. The lowest BCUT2D eigenvalue weighted by molar-refractivity contribution is -0.121. The highest BCUT2D eigenvalue weighted by Gasteiger charge is 2.11. The van der Waals surface area contributed by atoms with Gasteiger partial charge in [0, 0.05) is 16.0 Å². The van der Waals surface area contributed by atoms with Crippen LogP contribution in [0.3, 0.4) is 0 Å². The zero-order valence-corrected chi connectivity index (χ0v) is 16.0. The van der Waals surface area contributed by atoms with Crippen LogP contribution in [0.5, 0.6) is 5.75 Å². The van der Waals surface area contributed by atoms with Gasteiger partial charge in [0.15, 0.2) is 0 Å². The fourth-order valence-electron chi connectivity index (χ4n) is 2.18. The minimum absolute atomic E-state index is 0.00113. The Kier molecular flexibility index (Phi) is 6.57. The second kappa shape index (κ2) is 9.29. The lowest BCUT2D eigenvalue weighted by atomic mass is 10.2.